The molecule has 3 rings (SSSR count). The molecule has 146 valence electrons. The van der Waals surface area contributed by atoms with Crippen molar-refractivity contribution in [1.82, 2.24) is 4.90 Å². The molecule has 8 nitrogen and oxygen atoms in total. The molecule has 0 aliphatic carbocycles. The Balaban J connectivity index is 1.75. The molecule has 8 heteroatoms. The van der Waals surface area contributed by atoms with Crippen molar-refractivity contribution in [2.75, 3.05) is 25.5 Å². The number of nitro groups is 1. The Hall–Kier alpha value is -3.42. The van der Waals surface area contributed by atoms with Crippen LogP contribution in [0, 0.1) is 16.0 Å². The number of nitrogens with zero attached hydrogens (tertiary/aromatic N) is 2. The van der Waals surface area contributed by atoms with Gasteiger partial charge in [-0.2, -0.15) is 0 Å². The predicted molar refractivity (Wildman–Crippen MR) is 103 cm³/mol. The normalized spacial score (nSPS) is 16.3. The van der Waals surface area contributed by atoms with Crippen molar-refractivity contribution in [1.29, 1.82) is 0 Å². The highest BCUT2D eigenvalue weighted by Crippen LogP contribution is 2.27. The van der Waals surface area contributed by atoms with Crippen LogP contribution in [0.3, 0.4) is 0 Å². The third kappa shape index (κ3) is 4.28. The average molecular weight is 383 g/mol. The number of anilines is 1. The highest BCUT2D eigenvalue weighted by Gasteiger charge is 2.30. The number of methoxy groups -OCH3 is 1. The molecule has 2 aromatic rings. The van der Waals surface area contributed by atoms with Crippen molar-refractivity contribution in [3.05, 3.63) is 64.2 Å². The van der Waals surface area contributed by atoms with Crippen molar-refractivity contribution in [2.24, 2.45) is 5.92 Å². The average Bonchev–Trinajstić information content (AvgIpc) is 2.73. The van der Waals surface area contributed by atoms with Gasteiger partial charge in [-0.1, -0.05) is 18.2 Å². The topological polar surface area (TPSA) is 102 Å². The first-order chi connectivity index (χ1) is 13.5. The summed E-state index contributed by atoms with van der Waals surface area (Å²) in [5.74, 6) is -0.596. The van der Waals surface area contributed by atoms with Gasteiger partial charge in [-0.05, 0) is 31.0 Å². The number of para-hydroxylation sites is 1. The van der Waals surface area contributed by atoms with Gasteiger partial charge in [0.15, 0.2) is 0 Å². The number of non-ortho nitro benzene ring substituents is 1. The maximum absolute atomic E-state index is 13.0. The Bertz CT molecular complexity index is 885. The highest BCUT2D eigenvalue weighted by atomic mass is 16.6. The summed E-state index contributed by atoms with van der Waals surface area (Å²) >= 11 is 0. The molecule has 1 N–H and O–H groups in total. The van der Waals surface area contributed by atoms with E-state index in [0.29, 0.717) is 25.1 Å². The Kier molecular flexibility index (Phi) is 5.88. The number of benzene rings is 2. The van der Waals surface area contributed by atoms with E-state index in [4.69, 9.17) is 4.74 Å². The van der Waals surface area contributed by atoms with Gasteiger partial charge in [0.1, 0.15) is 5.75 Å². The van der Waals surface area contributed by atoms with Crippen LogP contribution in [-0.2, 0) is 4.79 Å². The van der Waals surface area contributed by atoms with Crippen LogP contribution in [0.4, 0.5) is 11.4 Å². The van der Waals surface area contributed by atoms with Gasteiger partial charge in [-0.25, -0.2) is 0 Å². The zero-order valence-electron chi connectivity index (χ0n) is 15.5. The summed E-state index contributed by atoms with van der Waals surface area (Å²) in [6.07, 6.45) is 1.35. The van der Waals surface area contributed by atoms with E-state index in [1.54, 1.807) is 17.0 Å². The molecule has 1 heterocycles. The second kappa shape index (κ2) is 8.51. The third-order valence-corrected chi connectivity index (χ3v) is 4.75. The van der Waals surface area contributed by atoms with Gasteiger partial charge in [-0.3, -0.25) is 19.7 Å². The molecule has 0 saturated carbocycles. The molecule has 28 heavy (non-hydrogen) atoms. The van der Waals surface area contributed by atoms with Gasteiger partial charge in [-0.15, -0.1) is 0 Å². The zero-order chi connectivity index (χ0) is 20.1. The lowest BCUT2D eigenvalue weighted by Gasteiger charge is -2.32. The number of nitrogens with one attached hydrogen (secondary N) is 1. The number of amides is 2. The maximum Gasteiger partial charge on any atom is 0.270 e. The minimum Gasteiger partial charge on any atom is -0.496 e. The van der Waals surface area contributed by atoms with Crippen molar-refractivity contribution in [3.63, 3.8) is 0 Å². The van der Waals surface area contributed by atoms with Gasteiger partial charge in [0.2, 0.25) is 5.91 Å². The molecule has 1 saturated heterocycles. The molecule has 1 aliphatic heterocycles. The standard InChI is InChI=1S/C20H21N3O5/c1-28-18-10-9-16(23(26)27)12-17(18)20(25)22-11-5-6-14(13-22)19(24)21-15-7-3-2-4-8-15/h2-4,7-10,12,14H,5-6,11,13H2,1H3,(H,21,24). The monoisotopic (exact) mass is 383 g/mol. The van der Waals surface area contributed by atoms with E-state index in [9.17, 15) is 19.7 Å². The largest absolute Gasteiger partial charge is 0.496 e. The molecule has 1 aliphatic rings. The summed E-state index contributed by atoms with van der Waals surface area (Å²) in [5, 5.41) is 13.9. The fourth-order valence-electron chi connectivity index (χ4n) is 3.29. The molecular formula is C20H21N3O5. The Morgan fingerprint density at radius 3 is 2.64 bits per heavy atom. The van der Waals surface area contributed by atoms with Gasteiger partial charge in [0.25, 0.3) is 11.6 Å². The third-order valence-electron chi connectivity index (χ3n) is 4.75. The lowest BCUT2D eigenvalue weighted by molar-refractivity contribution is -0.384. The number of carbonyl (C=O) groups is 2. The first-order valence-corrected chi connectivity index (χ1v) is 8.97. The van der Waals surface area contributed by atoms with Crippen LogP contribution >= 0.6 is 0 Å². The summed E-state index contributed by atoms with van der Waals surface area (Å²) in [6.45, 7) is 0.739. The van der Waals surface area contributed by atoms with E-state index >= 15 is 0 Å². The number of piperidine rings is 1. The van der Waals surface area contributed by atoms with E-state index in [-0.39, 0.29) is 41.3 Å². The number of hydrogen-bond donors (Lipinski definition) is 1. The van der Waals surface area contributed by atoms with E-state index in [1.807, 2.05) is 18.2 Å². The molecule has 1 atom stereocenters. The molecule has 2 amide bonds. The van der Waals surface area contributed by atoms with E-state index < -0.39 is 4.92 Å². The van der Waals surface area contributed by atoms with Crippen molar-refractivity contribution in [2.45, 2.75) is 12.8 Å². The smallest absolute Gasteiger partial charge is 0.270 e. The minimum atomic E-state index is -0.553. The second-order valence-electron chi connectivity index (χ2n) is 6.59. The lowest BCUT2D eigenvalue weighted by atomic mass is 9.96. The van der Waals surface area contributed by atoms with Crippen molar-refractivity contribution in [3.8, 4) is 5.75 Å². The molecule has 0 bridgehead atoms. The molecule has 1 fully saturated rings. The van der Waals surface area contributed by atoms with Crippen LogP contribution in [0.15, 0.2) is 48.5 Å². The van der Waals surface area contributed by atoms with Crippen molar-refractivity contribution < 1.29 is 19.2 Å². The molecule has 1 unspecified atom stereocenters. The highest BCUT2D eigenvalue weighted by molar-refractivity contribution is 5.98. The number of ether oxygens (including phenoxy) is 1. The number of nitro benzene ring substituents is 1. The Labute approximate surface area is 162 Å². The molecular weight excluding hydrogens is 362 g/mol. The predicted octanol–water partition coefficient (Wildman–Crippen LogP) is 3.09. The SMILES string of the molecule is COc1ccc([N+](=O)[O-])cc1C(=O)N1CCCC(C(=O)Nc2ccccc2)C1. The van der Waals surface area contributed by atoms with Crippen molar-refractivity contribution >= 4 is 23.2 Å². The summed E-state index contributed by atoms with van der Waals surface area (Å²) in [5.41, 5.74) is 0.650. The first kappa shape index (κ1) is 19.3. The summed E-state index contributed by atoms with van der Waals surface area (Å²) in [6, 6.07) is 13.1. The maximum atomic E-state index is 13.0. The fraction of sp³-hybridized carbons (Fsp3) is 0.300. The Morgan fingerprint density at radius 1 is 1.21 bits per heavy atom. The summed E-state index contributed by atoms with van der Waals surface area (Å²) in [4.78, 5) is 37.6. The van der Waals surface area contributed by atoms with Gasteiger partial charge < -0.3 is 15.0 Å². The van der Waals surface area contributed by atoms with Crippen LogP contribution in [0.1, 0.15) is 23.2 Å². The first-order valence-electron chi connectivity index (χ1n) is 8.97. The minimum absolute atomic E-state index is 0.126. The lowest BCUT2D eigenvalue weighted by Crippen LogP contribution is -2.43. The quantitative estimate of drug-likeness (QED) is 0.631. The molecule has 0 aromatic heterocycles. The van der Waals surface area contributed by atoms with E-state index in [0.717, 1.165) is 0 Å². The fourth-order valence-corrected chi connectivity index (χ4v) is 3.29. The number of carbonyl (C=O) groups excluding carboxylic acids is 2. The Morgan fingerprint density at radius 2 is 1.96 bits per heavy atom. The van der Waals surface area contributed by atoms with Gasteiger partial charge >= 0.3 is 0 Å². The molecule has 2 aromatic carbocycles. The van der Waals surface area contributed by atoms with Crippen LogP contribution in [-0.4, -0.2) is 41.8 Å². The van der Waals surface area contributed by atoms with Crippen LogP contribution < -0.4 is 10.1 Å². The molecule has 0 radical (unpaired) electrons. The van der Waals surface area contributed by atoms with E-state index in [2.05, 4.69) is 5.32 Å². The summed E-state index contributed by atoms with van der Waals surface area (Å²) in [7, 11) is 1.41. The van der Waals surface area contributed by atoms with Gasteiger partial charge in [0, 0.05) is 30.9 Å². The number of likely N-dealkylation sites (tertiary alicyclic amines) is 1. The van der Waals surface area contributed by atoms with Crippen LogP contribution in [0.25, 0.3) is 0 Å². The second-order valence-corrected chi connectivity index (χ2v) is 6.59. The van der Waals surface area contributed by atoms with Crippen LogP contribution in [0.2, 0.25) is 0 Å². The number of hydrogen-bond acceptors (Lipinski definition) is 5. The van der Waals surface area contributed by atoms with E-state index in [1.165, 1.54) is 25.3 Å². The molecule has 0 spiro atoms. The van der Waals surface area contributed by atoms with Gasteiger partial charge in [0.05, 0.1) is 23.5 Å². The number of rotatable bonds is 5. The summed E-state index contributed by atoms with van der Waals surface area (Å²) < 4.78 is 5.20. The zero-order valence-corrected chi connectivity index (χ0v) is 15.5. The van der Waals surface area contributed by atoms with Crippen LogP contribution in [0.5, 0.6) is 5.75 Å².